The fraction of sp³-hybridized carbons (Fsp3) is 0.100. The summed E-state index contributed by atoms with van der Waals surface area (Å²) in [6.07, 6.45) is 3.04. The number of cyclic esters (lactones) is 1. The Morgan fingerprint density at radius 3 is 2.52 bits per heavy atom. The van der Waals surface area contributed by atoms with Gasteiger partial charge in [-0.1, -0.05) is 0 Å². The second kappa shape index (κ2) is 8.43. The highest BCUT2D eigenvalue weighted by atomic mass is 127. The number of hydrogen-bond donors (Lipinski definition) is 0. The molecule has 0 spiro atoms. The number of hydrogen-bond acceptors (Lipinski definition) is 7. The molecule has 1 heterocycles. The highest BCUT2D eigenvalue weighted by molar-refractivity contribution is 14.1. The molecule has 0 unspecified atom stereocenters. The van der Waals surface area contributed by atoms with Crippen molar-refractivity contribution in [1.29, 1.82) is 0 Å². The maximum absolute atomic E-state index is 12.2. The van der Waals surface area contributed by atoms with Gasteiger partial charge in [-0.05, 0) is 70.6 Å². The molecule has 0 atom stereocenters. The van der Waals surface area contributed by atoms with Gasteiger partial charge in [-0.2, -0.15) is 0 Å². The lowest BCUT2D eigenvalue weighted by molar-refractivity contribution is -0.385. The summed E-state index contributed by atoms with van der Waals surface area (Å²) < 4.78 is 15.7. The summed E-state index contributed by atoms with van der Waals surface area (Å²) in [6, 6.07) is 9.80. The van der Waals surface area contributed by atoms with Crippen LogP contribution in [-0.2, 0) is 14.3 Å². The van der Waals surface area contributed by atoms with Gasteiger partial charge in [0.05, 0.1) is 21.2 Å². The Bertz CT molecular complexity index is 1070. The summed E-state index contributed by atoms with van der Waals surface area (Å²) in [5.74, 6) is -0.330. The molecule has 0 fully saturated rings. The first-order chi connectivity index (χ1) is 13.8. The van der Waals surface area contributed by atoms with Crippen LogP contribution in [0, 0.1) is 13.7 Å². The smallest absolute Gasteiger partial charge is 0.343 e. The van der Waals surface area contributed by atoms with E-state index in [0.29, 0.717) is 26.2 Å². The van der Waals surface area contributed by atoms with Crippen molar-refractivity contribution in [2.24, 2.45) is 0 Å². The molecule has 29 heavy (non-hydrogen) atoms. The molecular weight excluding hydrogens is 493 g/mol. The minimum Gasteiger partial charge on any atom is -0.497 e. The molecule has 9 heteroatoms. The van der Waals surface area contributed by atoms with Crippen molar-refractivity contribution in [2.75, 3.05) is 7.11 Å². The molecule has 0 bridgehead atoms. The van der Waals surface area contributed by atoms with E-state index in [4.69, 9.17) is 14.2 Å². The first-order valence-electron chi connectivity index (χ1n) is 8.25. The Balaban J connectivity index is 1.98. The predicted octanol–water partition coefficient (Wildman–Crippen LogP) is 4.11. The number of benzene rings is 2. The molecule has 1 aliphatic heterocycles. The average molecular weight is 507 g/mol. The summed E-state index contributed by atoms with van der Waals surface area (Å²) in [5, 5.41) is 11.4. The third-order valence-electron chi connectivity index (χ3n) is 3.91. The number of nitro groups is 1. The molecule has 0 N–H and O–H groups in total. The number of rotatable bonds is 5. The number of esters is 2. The zero-order chi connectivity index (χ0) is 21.1. The van der Waals surface area contributed by atoms with Crippen molar-refractivity contribution in [3.05, 3.63) is 72.9 Å². The molecule has 0 saturated carbocycles. The van der Waals surface area contributed by atoms with Crippen LogP contribution in [0.5, 0.6) is 11.5 Å². The van der Waals surface area contributed by atoms with Crippen LogP contribution < -0.4 is 9.47 Å². The molecule has 3 rings (SSSR count). The average Bonchev–Trinajstić information content (AvgIpc) is 3.03. The van der Waals surface area contributed by atoms with Gasteiger partial charge in [0.25, 0.3) is 0 Å². The summed E-state index contributed by atoms with van der Waals surface area (Å²) in [4.78, 5) is 34.2. The third-order valence-corrected chi connectivity index (χ3v) is 4.71. The molecule has 2 aromatic rings. The van der Waals surface area contributed by atoms with E-state index in [0.717, 1.165) is 6.92 Å². The summed E-state index contributed by atoms with van der Waals surface area (Å²) in [5.41, 5.74) is 0.954. The molecule has 0 amide bonds. The fourth-order valence-electron chi connectivity index (χ4n) is 2.63. The molecule has 0 aromatic heterocycles. The van der Waals surface area contributed by atoms with E-state index in [-0.39, 0.29) is 17.0 Å². The quantitative estimate of drug-likeness (QED) is 0.150. The topological polar surface area (TPSA) is 105 Å². The lowest BCUT2D eigenvalue weighted by atomic mass is 10.1. The van der Waals surface area contributed by atoms with Crippen molar-refractivity contribution >= 4 is 52.1 Å². The Morgan fingerprint density at radius 2 is 1.93 bits per heavy atom. The van der Waals surface area contributed by atoms with Gasteiger partial charge >= 0.3 is 17.6 Å². The van der Waals surface area contributed by atoms with E-state index >= 15 is 0 Å². The van der Waals surface area contributed by atoms with Crippen LogP contribution in [0.4, 0.5) is 5.69 Å². The molecule has 2 aromatic carbocycles. The highest BCUT2D eigenvalue weighted by Gasteiger charge is 2.25. The molecular formula is C20H14INO7. The van der Waals surface area contributed by atoms with Crippen molar-refractivity contribution < 1.29 is 28.7 Å². The minimum absolute atomic E-state index is 0.131. The zero-order valence-electron chi connectivity index (χ0n) is 15.3. The van der Waals surface area contributed by atoms with Gasteiger partial charge in [0.15, 0.2) is 0 Å². The molecule has 8 nitrogen and oxygen atoms in total. The summed E-state index contributed by atoms with van der Waals surface area (Å²) in [7, 11) is 1.55. The molecule has 148 valence electrons. The molecule has 0 radical (unpaired) electrons. The number of ether oxygens (including phenoxy) is 3. The minimum atomic E-state index is -0.663. The molecule has 0 saturated heterocycles. The van der Waals surface area contributed by atoms with Crippen LogP contribution in [-0.4, -0.2) is 24.0 Å². The first-order valence-corrected chi connectivity index (χ1v) is 9.32. The van der Waals surface area contributed by atoms with Crippen LogP contribution in [0.2, 0.25) is 0 Å². The fourth-order valence-corrected chi connectivity index (χ4v) is 3.38. The van der Waals surface area contributed by atoms with Crippen LogP contribution in [0.15, 0.2) is 48.0 Å². The highest BCUT2D eigenvalue weighted by Crippen LogP contribution is 2.35. The summed E-state index contributed by atoms with van der Waals surface area (Å²) >= 11 is 1.84. The number of carbonyl (C=O) groups is 2. The van der Waals surface area contributed by atoms with Gasteiger partial charge < -0.3 is 14.2 Å². The van der Waals surface area contributed by atoms with Gasteiger partial charge in [0, 0.05) is 18.6 Å². The largest absolute Gasteiger partial charge is 0.497 e. The van der Waals surface area contributed by atoms with Gasteiger partial charge in [-0.3, -0.25) is 14.9 Å². The number of methoxy groups -OCH3 is 1. The Hall–Kier alpha value is -3.21. The van der Waals surface area contributed by atoms with E-state index in [9.17, 15) is 19.7 Å². The Kier molecular flexibility index (Phi) is 5.97. The SMILES string of the molecule is COc1ccc(C2=C/C(=C\c3cc(I)c(OC(C)=O)c([N+](=O)[O-])c3)C(=O)O2)cc1. The van der Waals surface area contributed by atoms with Gasteiger partial charge in [0.1, 0.15) is 11.5 Å². The first kappa shape index (κ1) is 20.5. The van der Waals surface area contributed by atoms with Gasteiger partial charge in [0.2, 0.25) is 5.75 Å². The monoisotopic (exact) mass is 507 g/mol. The van der Waals surface area contributed by atoms with Crippen molar-refractivity contribution in [2.45, 2.75) is 6.92 Å². The van der Waals surface area contributed by atoms with E-state index in [2.05, 4.69) is 0 Å². The second-order valence-electron chi connectivity index (χ2n) is 5.93. The van der Waals surface area contributed by atoms with Crippen LogP contribution in [0.25, 0.3) is 11.8 Å². The van der Waals surface area contributed by atoms with Crippen molar-refractivity contribution in [3.63, 3.8) is 0 Å². The molecule has 0 aliphatic carbocycles. The van der Waals surface area contributed by atoms with Crippen LogP contribution in [0.1, 0.15) is 18.1 Å². The lowest BCUT2D eigenvalue weighted by Gasteiger charge is -2.06. The van der Waals surface area contributed by atoms with Crippen LogP contribution in [0.3, 0.4) is 0 Å². The Morgan fingerprint density at radius 1 is 1.24 bits per heavy atom. The summed E-state index contributed by atoms with van der Waals surface area (Å²) in [6.45, 7) is 1.16. The zero-order valence-corrected chi connectivity index (χ0v) is 17.5. The third kappa shape index (κ3) is 4.62. The maximum atomic E-state index is 12.2. The maximum Gasteiger partial charge on any atom is 0.343 e. The normalized spacial score (nSPS) is 14.4. The number of carbonyl (C=O) groups excluding carboxylic acids is 2. The number of nitrogens with zero attached hydrogens (tertiary/aromatic N) is 1. The standard InChI is InChI=1S/C20H14INO7/c1-11(23)28-19-16(21)8-12(9-17(19)22(25)26)7-14-10-18(29-20(14)24)13-3-5-15(27-2)6-4-13/h3-10H,1-2H3/b14-7+. The van der Waals surface area contributed by atoms with Crippen LogP contribution >= 0.6 is 22.6 Å². The number of halogens is 1. The lowest BCUT2D eigenvalue weighted by Crippen LogP contribution is -2.06. The van der Waals surface area contributed by atoms with E-state index in [1.807, 2.05) is 22.6 Å². The van der Waals surface area contributed by atoms with E-state index < -0.39 is 16.9 Å². The van der Waals surface area contributed by atoms with Crippen molar-refractivity contribution in [1.82, 2.24) is 0 Å². The second-order valence-corrected chi connectivity index (χ2v) is 7.09. The van der Waals surface area contributed by atoms with Gasteiger partial charge in [-0.25, -0.2) is 4.79 Å². The number of nitro benzene ring substituents is 1. The predicted molar refractivity (Wildman–Crippen MR) is 112 cm³/mol. The Labute approximate surface area is 179 Å². The molecule has 1 aliphatic rings. The van der Waals surface area contributed by atoms with E-state index in [1.54, 1.807) is 43.5 Å². The van der Waals surface area contributed by atoms with Gasteiger partial charge in [-0.15, -0.1) is 0 Å². The van der Waals surface area contributed by atoms with E-state index in [1.165, 1.54) is 12.1 Å². The van der Waals surface area contributed by atoms with Crippen molar-refractivity contribution in [3.8, 4) is 11.5 Å².